The van der Waals surface area contributed by atoms with Crippen molar-refractivity contribution in [1.82, 2.24) is 9.62 Å². The number of para-hydroxylation sites is 1. The normalized spacial score (nSPS) is 12.6. The van der Waals surface area contributed by atoms with E-state index in [4.69, 9.17) is 5.11 Å². The smallest absolute Gasteiger partial charge is 0.321 e. The highest BCUT2D eigenvalue weighted by atomic mass is 32.2. The number of hydrogen-bond acceptors (Lipinski definition) is 6. The maximum Gasteiger partial charge on any atom is 0.321 e. The molecule has 1 aromatic rings. The molecule has 10 nitrogen and oxygen atoms in total. The largest absolute Gasteiger partial charge is 0.480 e. The molecule has 0 aliphatic carbocycles. The Balaban J connectivity index is 3.31. The van der Waals surface area contributed by atoms with Gasteiger partial charge < -0.3 is 10.4 Å². The van der Waals surface area contributed by atoms with Crippen molar-refractivity contribution >= 4 is 27.6 Å². The molecule has 0 saturated carbocycles. The van der Waals surface area contributed by atoms with Crippen molar-refractivity contribution in [3.05, 3.63) is 34.4 Å². The van der Waals surface area contributed by atoms with Crippen LogP contribution in [0.5, 0.6) is 0 Å². The molecule has 0 spiro atoms. The van der Waals surface area contributed by atoms with Gasteiger partial charge in [0.15, 0.2) is 4.90 Å². The van der Waals surface area contributed by atoms with E-state index in [9.17, 15) is 28.1 Å². The van der Waals surface area contributed by atoms with Gasteiger partial charge >= 0.3 is 5.97 Å². The molecular weight excluding hydrogens is 342 g/mol. The summed E-state index contributed by atoms with van der Waals surface area (Å²) in [6, 6.07) is 3.19. The lowest BCUT2D eigenvalue weighted by Crippen LogP contribution is -2.46. The van der Waals surface area contributed by atoms with Crippen LogP contribution in [0.1, 0.15) is 13.8 Å². The first kappa shape index (κ1) is 19.5. The molecule has 0 fully saturated rings. The van der Waals surface area contributed by atoms with Gasteiger partial charge in [-0.2, -0.15) is 4.31 Å². The summed E-state index contributed by atoms with van der Waals surface area (Å²) in [5.41, 5.74) is -0.653. The second-order valence-electron chi connectivity index (χ2n) is 4.84. The Bertz CT molecular complexity index is 748. The summed E-state index contributed by atoms with van der Waals surface area (Å²) in [6.45, 7) is 1.89. The molecule has 0 aliphatic rings. The predicted octanol–water partition coefficient (Wildman–Crippen LogP) is 0.195. The van der Waals surface area contributed by atoms with Crippen molar-refractivity contribution < 1.29 is 28.0 Å². The van der Waals surface area contributed by atoms with Crippen LogP contribution in [-0.4, -0.2) is 53.8 Å². The standard InChI is InChI=1S/C13H17N3O7S/c1-9(13(18)19)15(8-7-14-10(2)17)24(22,23)12-6-4-3-5-11(12)16(20)21/h3-6,9H,7-8H2,1-2H3,(H,14,17)(H,18,19). The minimum Gasteiger partial charge on any atom is -0.480 e. The van der Waals surface area contributed by atoms with Crippen LogP contribution in [0.25, 0.3) is 0 Å². The highest BCUT2D eigenvalue weighted by Gasteiger charge is 2.36. The maximum absolute atomic E-state index is 12.7. The van der Waals surface area contributed by atoms with Crippen LogP contribution >= 0.6 is 0 Å². The Labute approximate surface area is 138 Å². The fraction of sp³-hybridized carbons (Fsp3) is 0.385. The number of hydrogen-bond donors (Lipinski definition) is 2. The van der Waals surface area contributed by atoms with Crippen LogP contribution in [0.3, 0.4) is 0 Å². The number of carbonyl (C=O) groups excluding carboxylic acids is 1. The van der Waals surface area contributed by atoms with Crippen molar-refractivity contribution in [2.75, 3.05) is 13.1 Å². The zero-order valence-corrected chi connectivity index (χ0v) is 13.8. The second kappa shape index (κ2) is 7.84. The molecular formula is C13H17N3O7S. The number of nitro benzene ring substituents is 1. The molecule has 0 aromatic heterocycles. The fourth-order valence-corrected chi connectivity index (χ4v) is 3.69. The van der Waals surface area contributed by atoms with E-state index in [1.165, 1.54) is 19.1 Å². The van der Waals surface area contributed by atoms with Gasteiger partial charge in [-0.1, -0.05) is 12.1 Å². The first-order chi connectivity index (χ1) is 11.1. The van der Waals surface area contributed by atoms with Crippen LogP contribution in [0.15, 0.2) is 29.2 Å². The van der Waals surface area contributed by atoms with Gasteiger partial charge in [-0.3, -0.25) is 19.7 Å². The van der Waals surface area contributed by atoms with Crippen molar-refractivity contribution in [2.24, 2.45) is 0 Å². The molecule has 1 amide bonds. The topological polar surface area (TPSA) is 147 Å². The number of aliphatic carboxylic acids is 1. The molecule has 1 atom stereocenters. The van der Waals surface area contributed by atoms with E-state index in [0.717, 1.165) is 19.1 Å². The van der Waals surface area contributed by atoms with Gasteiger partial charge in [0.2, 0.25) is 5.91 Å². The molecule has 1 rings (SSSR count). The summed E-state index contributed by atoms with van der Waals surface area (Å²) in [5.74, 6) is -1.83. The highest BCUT2D eigenvalue weighted by molar-refractivity contribution is 7.89. The SMILES string of the molecule is CC(=O)NCCN(C(C)C(=O)O)S(=O)(=O)c1ccccc1[N+](=O)[O-]. The third-order valence-corrected chi connectivity index (χ3v) is 5.16. The number of carboxylic acid groups (broad SMARTS) is 1. The Kier molecular flexibility index (Phi) is 6.37. The Morgan fingerprint density at radius 2 is 1.96 bits per heavy atom. The summed E-state index contributed by atoms with van der Waals surface area (Å²) < 4.78 is 26.1. The predicted molar refractivity (Wildman–Crippen MR) is 82.8 cm³/mol. The van der Waals surface area contributed by atoms with Crippen molar-refractivity contribution in [3.63, 3.8) is 0 Å². The lowest BCUT2D eigenvalue weighted by Gasteiger charge is -2.25. The van der Waals surface area contributed by atoms with E-state index < -0.39 is 43.4 Å². The van der Waals surface area contributed by atoms with E-state index in [1.807, 2.05) is 0 Å². The first-order valence-corrected chi connectivity index (χ1v) is 8.25. The zero-order chi connectivity index (χ0) is 18.5. The van der Waals surface area contributed by atoms with Crippen LogP contribution < -0.4 is 5.32 Å². The first-order valence-electron chi connectivity index (χ1n) is 6.81. The van der Waals surface area contributed by atoms with Crippen molar-refractivity contribution in [1.29, 1.82) is 0 Å². The number of rotatable bonds is 8. The summed E-state index contributed by atoms with van der Waals surface area (Å²) in [6.07, 6.45) is 0. The second-order valence-corrected chi connectivity index (χ2v) is 6.70. The molecule has 24 heavy (non-hydrogen) atoms. The molecule has 0 bridgehead atoms. The lowest BCUT2D eigenvalue weighted by atomic mass is 10.3. The molecule has 0 saturated heterocycles. The van der Waals surface area contributed by atoms with Gasteiger partial charge in [-0.15, -0.1) is 0 Å². The van der Waals surface area contributed by atoms with Crippen LogP contribution in [-0.2, 0) is 19.6 Å². The molecule has 0 radical (unpaired) electrons. The van der Waals surface area contributed by atoms with E-state index in [-0.39, 0.29) is 13.1 Å². The number of nitro groups is 1. The van der Waals surface area contributed by atoms with E-state index >= 15 is 0 Å². The summed E-state index contributed by atoms with van der Waals surface area (Å²) in [4.78, 5) is 31.7. The molecule has 132 valence electrons. The third kappa shape index (κ3) is 4.49. The number of amides is 1. The number of nitrogens with one attached hydrogen (secondary N) is 1. The highest BCUT2D eigenvalue weighted by Crippen LogP contribution is 2.27. The number of carboxylic acids is 1. The zero-order valence-electron chi connectivity index (χ0n) is 13.0. The number of sulfonamides is 1. The van der Waals surface area contributed by atoms with Crippen LogP contribution in [0.4, 0.5) is 5.69 Å². The average molecular weight is 359 g/mol. The van der Waals surface area contributed by atoms with Gasteiger partial charge in [0, 0.05) is 26.1 Å². The Hall–Kier alpha value is -2.53. The molecule has 11 heteroatoms. The van der Waals surface area contributed by atoms with Crippen LogP contribution in [0.2, 0.25) is 0 Å². The number of nitrogens with zero attached hydrogens (tertiary/aromatic N) is 2. The minimum absolute atomic E-state index is 0.132. The Morgan fingerprint density at radius 1 is 1.38 bits per heavy atom. The number of carbonyl (C=O) groups is 2. The minimum atomic E-state index is -4.46. The molecule has 0 heterocycles. The van der Waals surface area contributed by atoms with Gasteiger partial charge in [-0.25, -0.2) is 8.42 Å². The van der Waals surface area contributed by atoms with Gasteiger partial charge in [0.05, 0.1) is 4.92 Å². The maximum atomic E-state index is 12.7. The quantitative estimate of drug-likeness (QED) is 0.497. The monoisotopic (exact) mass is 359 g/mol. The molecule has 1 aromatic carbocycles. The number of benzene rings is 1. The van der Waals surface area contributed by atoms with E-state index in [1.54, 1.807) is 0 Å². The van der Waals surface area contributed by atoms with Crippen LogP contribution in [0, 0.1) is 10.1 Å². The summed E-state index contributed by atoms with van der Waals surface area (Å²) in [5, 5.41) is 22.5. The van der Waals surface area contributed by atoms with E-state index in [0.29, 0.717) is 4.31 Å². The lowest BCUT2D eigenvalue weighted by molar-refractivity contribution is -0.387. The average Bonchev–Trinajstić information content (AvgIpc) is 2.50. The van der Waals surface area contributed by atoms with Gasteiger partial charge in [0.1, 0.15) is 6.04 Å². The molecule has 2 N–H and O–H groups in total. The third-order valence-electron chi connectivity index (χ3n) is 3.14. The van der Waals surface area contributed by atoms with Gasteiger partial charge in [0.25, 0.3) is 15.7 Å². The molecule has 0 aliphatic heterocycles. The van der Waals surface area contributed by atoms with E-state index in [2.05, 4.69) is 5.32 Å². The van der Waals surface area contributed by atoms with Gasteiger partial charge in [-0.05, 0) is 13.0 Å². The summed E-state index contributed by atoms with van der Waals surface area (Å²) >= 11 is 0. The summed E-state index contributed by atoms with van der Waals surface area (Å²) in [7, 11) is -4.46. The Morgan fingerprint density at radius 3 is 2.46 bits per heavy atom. The van der Waals surface area contributed by atoms with Crippen molar-refractivity contribution in [3.8, 4) is 0 Å². The fourth-order valence-electron chi connectivity index (χ4n) is 1.94. The van der Waals surface area contributed by atoms with Crippen molar-refractivity contribution in [2.45, 2.75) is 24.8 Å². The molecule has 1 unspecified atom stereocenters.